The molecule has 0 radical (unpaired) electrons. The topological polar surface area (TPSA) is 24.5 Å². The van der Waals surface area contributed by atoms with Gasteiger partial charge in [0.05, 0.1) is 0 Å². The number of nitrogens with zero attached hydrogens (tertiary/aromatic N) is 1. The Hall–Kier alpha value is -0.350. The van der Waals surface area contributed by atoms with Crippen molar-refractivity contribution in [2.75, 3.05) is 26.3 Å². The van der Waals surface area contributed by atoms with E-state index in [1.54, 1.807) is 0 Å². The third-order valence-corrected chi connectivity index (χ3v) is 3.36. The Morgan fingerprint density at radius 1 is 1.47 bits per heavy atom. The van der Waals surface area contributed by atoms with Crippen LogP contribution < -0.4 is 5.32 Å². The van der Waals surface area contributed by atoms with Crippen molar-refractivity contribution >= 4 is 17.3 Å². The van der Waals surface area contributed by atoms with Crippen LogP contribution in [0.25, 0.3) is 0 Å². The van der Waals surface area contributed by atoms with Gasteiger partial charge in [-0.1, -0.05) is 0 Å². The van der Waals surface area contributed by atoms with Crippen LogP contribution in [-0.4, -0.2) is 42.4 Å². The lowest BCUT2D eigenvalue weighted by Gasteiger charge is -2.29. The van der Waals surface area contributed by atoms with Crippen LogP contribution in [0, 0.1) is 5.92 Å². The van der Waals surface area contributed by atoms with E-state index in [1.165, 1.54) is 12.8 Å². The quantitative estimate of drug-likeness (QED) is 0.534. The van der Waals surface area contributed by atoms with E-state index in [4.69, 9.17) is 17.0 Å². The van der Waals surface area contributed by atoms with Crippen LogP contribution >= 0.6 is 12.2 Å². The fourth-order valence-corrected chi connectivity index (χ4v) is 2.11. The van der Waals surface area contributed by atoms with Gasteiger partial charge in [-0.2, -0.15) is 0 Å². The first-order valence-electron chi connectivity index (χ1n) is 6.77. The molecule has 1 N–H and O–H groups in total. The maximum Gasteiger partial charge on any atom is 0.169 e. The first-order valence-corrected chi connectivity index (χ1v) is 7.18. The lowest BCUT2D eigenvalue weighted by molar-refractivity contribution is 0.145. The van der Waals surface area contributed by atoms with E-state index in [-0.39, 0.29) is 0 Å². The minimum absolute atomic E-state index is 0.488. The van der Waals surface area contributed by atoms with Gasteiger partial charge in [-0.05, 0) is 58.2 Å². The molecule has 0 unspecified atom stereocenters. The molecular formula is C13H26N2OS. The highest BCUT2D eigenvalue weighted by molar-refractivity contribution is 7.80. The number of thiocarbonyl (C=S) groups is 1. The van der Waals surface area contributed by atoms with E-state index in [2.05, 4.69) is 24.1 Å². The van der Waals surface area contributed by atoms with E-state index in [1.807, 2.05) is 6.92 Å². The second kappa shape index (κ2) is 7.88. The zero-order chi connectivity index (χ0) is 12.7. The molecule has 0 aromatic carbocycles. The number of rotatable bonds is 8. The second-order valence-corrected chi connectivity index (χ2v) is 5.36. The molecule has 100 valence electrons. The van der Waals surface area contributed by atoms with E-state index in [0.29, 0.717) is 6.04 Å². The summed E-state index contributed by atoms with van der Waals surface area (Å²) in [5.74, 6) is 0.876. The van der Waals surface area contributed by atoms with Gasteiger partial charge in [-0.25, -0.2) is 0 Å². The highest BCUT2D eigenvalue weighted by Gasteiger charge is 2.26. The van der Waals surface area contributed by atoms with Gasteiger partial charge in [0.15, 0.2) is 5.11 Å². The van der Waals surface area contributed by atoms with Gasteiger partial charge in [0, 0.05) is 32.3 Å². The van der Waals surface area contributed by atoms with Crippen LogP contribution in [0.3, 0.4) is 0 Å². The van der Waals surface area contributed by atoms with Crippen molar-refractivity contribution in [1.29, 1.82) is 0 Å². The molecule has 1 rings (SSSR count). The molecule has 0 spiro atoms. The number of hydrogen-bond donors (Lipinski definition) is 1. The fourth-order valence-electron chi connectivity index (χ4n) is 1.72. The average molecular weight is 258 g/mol. The summed E-state index contributed by atoms with van der Waals surface area (Å²) in [6.07, 6.45) is 3.76. The molecular weight excluding hydrogens is 232 g/mol. The van der Waals surface area contributed by atoms with Gasteiger partial charge in [0.2, 0.25) is 0 Å². The van der Waals surface area contributed by atoms with Crippen LogP contribution in [0.2, 0.25) is 0 Å². The van der Waals surface area contributed by atoms with Gasteiger partial charge in [-0.3, -0.25) is 0 Å². The van der Waals surface area contributed by atoms with Crippen LogP contribution in [0.5, 0.6) is 0 Å². The minimum atomic E-state index is 0.488. The molecule has 1 saturated carbocycles. The largest absolute Gasteiger partial charge is 0.382 e. The van der Waals surface area contributed by atoms with Gasteiger partial charge in [-0.15, -0.1) is 0 Å². The van der Waals surface area contributed by atoms with E-state index in [0.717, 1.165) is 43.8 Å². The predicted octanol–water partition coefficient (Wildman–Crippen LogP) is 2.41. The first-order chi connectivity index (χ1) is 8.15. The fraction of sp³-hybridized carbons (Fsp3) is 0.923. The van der Waals surface area contributed by atoms with Crippen molar-refractivity contribution in [3.63, 3.8) is 0 Å². The van der Waals surface area contributed by atoms with Crippen molar-refractivity contribution in [3.05, 3.63) is 0 Å². The molecule has 0 aromatic rings. The first kappa shape index (κ1) is 14.7. The molecule has 0 atom stereocenters. The second-order valence-electron chi connectivity index (χ2n) is 4.97. The summed E-state index contributed by atoms with van der Waals surface area (Å²) in [6.45, 7) is 10.1. The average Bonchev–Trinajstić information content (AvgIpc) is 3.08. The Morgan fingerprint density at radius 3 is 2.71 bits per heavy atom. The van der Waals surface area contributed by atoms with Gasteiger partial charge in [0.25, 0.3) is 0 Å². The molecule has 0 bridgehead atoms. The van der Waals surface area contributed by atoms with Crippen molar-refractivity contribution in [2.45, 2.75) is 46.1 Å². The predicted molar refractivity (Wildman–Crippen MR) is 76.3 cm³/mol. The molecule has 1 aliphatic carbocycles. The molecule has 0 heterocycles. The Bertz CT molecular complexity index is 229. The third kappa shape index (κ3) is 6.22. The Kier molecular flexibility index (Phi) is 6.82. The normalized spacial score (nSPS) is 15.1. The lowest BCUT2D eigenvalue weighted by Crippen LogP contribution is -2.45. The van der Waals surface area contributed by atoms with Crippen LogP contribution in [0.1, 0.15) is 40.0 Å². The number of ether oxygens (including phenoxy) is 1. The Morgan fingerprint density at radius 2 is 2.18 bits per heavy atom. The third-order valence-electron chi connectivity index (χ3n) is 2.98. The van der Waals surface area contributed by atoms with Gasteiger partial charge >= 0.3 is 0 Å². The molecule has 4 heteroatoms. The summed E-state index contributed by atoms with van der Waals surface area (Å²) in [6, 6.07) is 0.488. The number of hydrogen-bond acceptors (Lipinski definition) is 2. The highest BCUT2D eigenvalue weighted by atomic mass is 32.1. The molecule has 0 aromatic heterocycles. The van der Waals surface area contributed by atoms with Crippen molar-refractivity contribution in [3.8, 4) is 0 Å². The zero-order valence-corrected chi connectivity index (χ0v) is 12.2. The summed E-state index contributed by atoms with van der Waals surface area (Å²) in [4.78, 5) is 2.31. The van der Waals surface area contributed by atoms with Crippen LogP contribution in [0.4, 0.5) is 0 Å². The van der Waals surface area contributed by atoms with Crippen LogP contribution in [0.15, 0.2) is 0 Å². The molecule has 0 amide bonds. The van der Waals surface area contributed by atoms with Crippen LogP contribution in [-0.2, 0) is 4.74 Å². The summed E-state index contributed by atoms with van der Waals surface area (Å²) in [5.41, 5.74) is 0. The van der Waals surface area contributed by atoms with Crippen molar-refractivity contribution in [1.82, 2.24) is 10.2 Å². The molecule has 0 aliphatic heterocycles. The maximum absolute atomic E-state index is 5.45. The van der Waals surface area contributed by atoms with E-state index in [9.17, 15) is 0 Å². The monoisotopic (exact) mass is 258 g/mol. The molecule has 1 fully saturated rings. The highest BCUT2D eigenvalue weighted by Crippen LogP contribution is 2.30. The Labute approximate surface area is 111 Å². The maximum atomic E-state index is 5.45. The van der Waals surface area contributed by atoms with E-state index < -0.39 is 0 Å². The van der Waals surface area contributed by atoms with Crippen molar-refractivity contribution in [2.24, 2.45) is 5.92 Å². The summed E-state index contributed by atoms with van der Waals surface area (Å²) in [7, 11) is 0. The van der Waals surface area contributed by atoms with Gasteiger partial charge in [0.1, 0.15) is 0 Å². The summed E-state index contributed by atoms with van der Waals surface area (Å²) < 4.78 is 5.30. The number of nitrogens with one attached hydrogen (secondary N) is 1. The summed E-state index contributed by atoms with van der Waals surface area (Å²) in [5, 5.41) is 4.24. The zero-order valence-electron chi connectivity index (χ0n) is 11.4. The molecule has 0 saturated heterocycles. The lowest BCUT2D eigenvalue weighted by atomic mass is 10.3. The van der Waals surface area contributed by atoms with E-state index >= 15 is 0 Å². The Balaban J connectivity index is 2.17. The van der Waals surface area contributed by atoms with Gasteiger partial charge < -0.3 is 15.0 Å². The smallest absolute Gasteiger partial charge is 0.169 e. The van der Waals surface area contributed by atoms with Crippen molar-refractivity contribution < 1.29 is 4.74 Å². The molecule has 3 nitrogen and oxygen atoms in total. The molecule has 17 heavy (non-hydrogen) atoms. The standard InChI is InChI=1S/C13H26N2OS/c1-4-16-9-5-8-14-13(17)15(11(2)3)10-12-6-7-12/h11-12H,4-10H2,1-3H3,(H,14,17). The SMILES string of the molecule is CCOCCCNC(=S)N(CC1CC1)C(C)C. The minimum Gasteiger partial charge on any atom is -0.382 e. The summed E-state index contributed by atoms with van der Waals surface area (Å²) >= 11 is 5.45. The molecule has 1 aliphatic rings.